The summed E-state index contributed by atoms with van der Waals surface area (Å²) < 4.78 is 16.4. The van der Waals surface area contributed by atoms with Crippen LogP contribution in [-0.2, 0) is 11.8 Å². The number of amides is 1. The SMILES string of the molecule is Cc1nsnc1C(=O)N1CCO[C@@H](CN2CCCCC2)[C@@H]1c1cnn(C)c1. The van der Waals surface area contributed by atoms with Gasteiger partial charge in [0.25, 0.3) is 5.91 Å². The molecule has 9 heteroatoms. The first-order chi connectivity index (χ1) is 13.1. The van der Waals surface area contributed by atoms with Gasteiger partial charge in [-0.1, -0.05) is 6.42 Å². The van der Waals surface area contributed by atoms with Crippen LogP contribution in [0.25, 0.3) is 0 Å². The molecule has 0 saturated carbocycles. The number of aryl methyl sites for hydroxylation is 2. The van der Waals surface area contributed by atoms with E-state index >= 15 is 0 Å². The van der Waals surface area contributed by atoms with E-state index in [0.29, 0.717) is 24.5 Å². The van der Waals surface area contributed by atoms with Gasteiger partial charge < -0.3 is 14.5 Å². The molecule has 146 valence electrons. The summed E-state index contributed by atoms with van der Waals surface area (Å²) in [6.45, 7) is 5.95. The van der Waals surface area contributed by atoms with Gasteiger partial charge in [0.15, 0.2) is 5.69 Å². The Morgan fingerprint density at radius 2 is 2.07 bits per heavy atom. The van der Waals surface area contributed by atoms with Crippen molar-refractivity contribution in [2.75, 3.05) is 32.8 Å². The number of morpholine rings is 1. The largest absolute Gasteiger partial charge is 0.373 e. The third kappa shape index (κ3) is 3.90. The number of carbonyl (C=O) groups is 1. The highest BCUT2D eigenvalue weighted by Gasteiger charge is 2.39. The molecular formula is C18H26N6O2S. The van der Waals surface area contributed by atoms with Crippen LogP contribution in [-0.4, -0.2) is 73.1 Å². The third-order valence-electron chi connectivity index (χ3n) is 5.42. The predicted octanol–water partition coefficient (Wildman–Crippen LogP) is 1.65. The van der Waals surface area contributed by atoms with Crippen LogP contribution in [0.5, 0.6) is 0 Å². The van der Waals surface area contributed by atoms with Crippen LogP contribution in [0.1, 0.15) is 47.1 Å². The molecule has 0 aliphatic carbocycles. The first-order valence-electron chi connectivity index (χ1n) is 9.56. The monoisotopic (exact) mass is 390 g/mol. The fourth-order valence-electron chi connectivity index (χ4n) is 4.06. The lowest BCUT2D eigenvalue weighted by molar-refractivity contribution is -0.0743. The highest BCUT2D eigenvalue weighted by Crippen LogP contribution is 2.32. The van der Waals surface area contributed by atoms with Gasteiger partial charge in [0.05, 0.1) is 42.4 Å². The van der Waals surface area contributed by atoms with E-state index in [4.69, 9.17) is 4.74 Å². The molecule has 2 aliphatic rings. The molecule has 0 unspecified atom stereocenters. The molecule has 0 bridgehead atoms. The van der Waals surface area contributed by atoms with Crippen molar-refractivity contribution in [1.29, 1.82) is 0 Å². The molecule has 2 aromatic rings. The first kappa shape index (κ1) is 18.5. The molecule has 1 amide bonds. The van der Waals surface area contributed by atoms with Gasteiger partial charge in [-0.25, -0.2) is 0 Å². The van der Waals surface area contributed by atoms with Gasteiger partial charge in [0.1, 0.15) is 0 Å². The van der Waals surface area contributed by atoms with Crippen LogP contribution >= 0.6 is 11.7 Å². The minimum atomic E-state index is -0.164. The number of nitrogens with zero attached hydrogens (tertiary/aromatic N) is 6. The summed E-state index contributed by atoms with van der Waals surface area (Å²) >= 11 is 1.09. The number of rotatable bonds is 4. The molecular weight excluding hydrogens is 364 g/mol. The summed E-state index contributed by atoms with van der Waals surface area (Å²) in [6, 6.07) is -0.164. The summed E-state index contributed by atoms with van der Waals surface area (Å²) in [4.78, 5) is 17.6. The van der Waals surface area contributed by atoms with Crippen molar-refractivity contribution in [3.05, 3.63) is 29.3 Å². The second-order valence-corrected chi connectivity index (χ2v) is 7.89. The summed E-state index contributed by atoms with van der Waals surface area (Å²) in [5.74, 6) is -0.0675. The molecule has 27 heavy (non-hydrogen) atoms. The van der Waals surface area contributed by atoms with Crippen LogP contribution < -0.4 is 0 Å². The zero-order valence-electron chi connectivity index (χ0n) is 15.9. The Hall–Kier alpha value is -1.84. The average Bonchev–Trinajstić information content (AvgIpc) is 3.30. The highest BCUT2D eigenvalue weighted by molar-refractivity contribution is 6.99. The number of carbonyl (C=O) groups excluding carboxylic acids is 1. The maximum atomic E-state index is 13.2. The molecule has 0 radical (unpaired) electrons. The first-order valence-corrected chi connectivity index (χ1v) is 10.3. The maximum Gasteiger partial charge on any atom is 0.276 e. The molecule has 0 spiro atoms. The van der Waals surface area contributed by atoms with E-state index in [0.717, 1.165) is 36.9 Å². The van der Waals surface area contributed by atoms with Gasteiger partial charge >= 0.3 is 0 Å². The molecule has 4 rings (SSSR count). The average molecular weight is 391 g/mol. The minimum absolute atomic E-state index is 0.0675. The quantitative estimate of drug-likeness (QED) is 0.790. The lowest BCUT2D eigenvalue weighted by Crippen LogP contribution is -2.52. The number of likely N-dealkylation sites (tertiary alicyclic amines) is 1. The Kier molecular flexibility index (Phi) is 5.51. The van der Waals surface area contributed by atoms with Crippen molar-refractivity contribution in [2.45, 2.75) is 38.3 Å². The number of hydrogen-bond acceptors (Lipinski definition) is 7. The smallest absolute Gasteiger partial charge is 0.276 e. The number of aromatic nitrogens is 4. The van der Waals surface area contributed by atoms with E-state index in [-0.39, 0.29) is 18.1 Å². The third-order valence-corrected chi connectivity index (χ3v) is 6.04. The van der Waals surface area contributed by atoms with Gasteiger partial charge in [0, 0.05) is 31.9 Å². The fraction of sp³-hybridized carbons (Fsp3) is 0.667. The van der Waals surface area contributed by atoms with Crippen LogP contribution in [0.15, 0.2) is 12.4 Å². The zero-order chi connectivity index (χ0) is 18.8. The van der Waals surface area contributed by atoms with Crippen LogP contribution in [0.4, 0.5) is 0 Å². The van der Waals surface area contributed by atoms with E-state index in [1.165, 1.54) is 19.3 Å². The highest BCUT2D eigenvalue weighted by atomic mass is 32.1. The normalized spacial score (nSPS) is 24.3. The Morgan fingerprint density at radius 3 is 2.74 bits per heavy atom. The number of piperidine rings is 1. The number of ether oxygens (including phenoxy) is 1. The van der Waals surface area contributed by atoms with E-state index in [9.17, 15) is 4.79 Å². The van der Waals surface area contributed by atoms with Gasteiger partial charge in [-0.15, -0.1) is 0 Å². The minimum Gasteiger partial charge on any atom is -0.373 e. The zero-order valence-corrected chi connectivity index (χ0v) is 16.7. The fourth-order valence-corrected chi connectivity index (χ4v) is 4.60. The molecule has 0 aromatic carbocycles. The summed E-state index contributed by atoms with van der Waals surface area (Å²) in [7, 11) is 1.90. The molecule has 2 atom stereocenters. The molecule has 2 saturated heterocycles. The van der Waals surface area contributed by atoms with Crippen molar-refractivity contribution in [3.8, 4) is 0 Å². The van der Waals surface area contributed by atoms with E-state index in [1.807, 2.05) is 31.3 Å². The van der Waals surface area contributed by atoms with Crippen LogP contribution in [0.2, 0.25) is 0 Å². The molecule has 2 aromatic heterocycles. The Bertz CT molecular complexity index is 784. The topological polar surface area (TPSA) is 76.4 Å². The Morgan fingerprint density at radius 1 is 1.26 bits per heavy atom. The van der Waals surface area contributed by atoms with Gasteiger partial charge in [0.2, 0.25) is 0 Å². The van der Waals surface area contributed by atoms with Crippen molar-refractivity contribution in [2.24, 2.45) is 7.05 Å². The van der Waals surface area contributed by atoms with Gasteiger partial charge in [-0.05, 0) is 32.9 Å². The van der Waals surface area contributed by atoms with Crippen molar-refractivity contribution in [3.63, 3.8) is 0 Å². The Balaban J connectivity index is 1.62. The second kappa shape index (κ2) is 8.04. The second-order valence-electron chi connectivity index (χ2n) is 7.36. The molecule has 2 aliphatic heterocycles. The predicted molar refractivity (Wildman–Crippen MR) is 102 cm³/mol. The maximum absolute atomic E-state index is 13.2. The van der Waals surface area contributed by atoms with E-state index in [1.54, 1.807) is 4.68 Å². The van der Waals surface area contributed by atoms with Crippen LogP contribution in [0, 0.1) is 6.92 Å². The van der Waals surface area contributed by atoms with Gasteiger partial charge in [-0.3, -0.25) is 9.48 Å². The van der Waals surface area contributed by atoms with Gasteiger partial charge in [-0.2, -0.15) is 13.8 Å². The summed E-state index contributed by atoms with van der Waals surface area (Å²) in [5, 5.41) is 4.33. The lowest BCUT2D eigenvalue weighted by Gasteiger charge is -2.43. The van der Waals surface area contributed by atoms with E-state index < -0.39 is 0 Å². The lowest BCUT2D eigenvalue weighted by atomic mass is 9.98. The molecule has 8 nitrogen and oxygen atoms in total. The molecule has 2 fully saturated rings. The number of hydrogen-bond donors (Lipinski definition) is 0. The standard InChI is InChI=1S/C18H26N6O2S/c1-13-16(21-27-20-13)18(25)24-8-9-26-15(12-23-6-4-3-5-7-23)17(24)14-10-19-22(2)11-14/h10-11,15,17H,3-9,12H2,1-2H3/t15-,17-/m0/s1. The van der Waals surface area contributed by atoms with E-state index in [2.05, 4.69) is 18.7 Å². The molecule has 4 heterocycles. The van der Waals surface area contributed by atoms with Crippen molar-refractivity contribution >= 4 is 17.6 Å². The van der Waals surface area contributed by atoms with Crippen molar-refractivity contribution < 1.29 is 9.53 Å². The summed E-state index contributed by atoms with van der Waals surface area (Å²) in [6.07, 6.45) is 7.52. The molecule has 0 N–H and O–H groups in total. The van der Waals surface area contributed by atoms with Crippen molar-refractivity contribution in [1.82, 2.24) is 28.3 Å². The van der Waals surface area contributed by atoms with Crippen LogP contribution in [0.3, 0.4) is 0 Å². The Labute approximate surface area is 163 Å². The summed E-state index contributed by atoms with van der Waals surface area (Å²) in [5.41, 5.74) is 2.15.